The molecule has 7 nitrogen and oxygen atoms in total. The molecule has 7 heteroatoms. The molecule has 1 fully saturated rings. The Kier molecular flexibility index (Phi) is 7.22. The summed E-state index contributed by atoms with van der Waals surface area (Å²) >= 11 is 0. The molecule has 1 amide bonds. The molecule has 2 aromatic rings. The van der Waals surface area contributed by atoms with Crippen molar-refractivity contribution >= 4 is 17.4 Å². The average molecular weight is 466 g/mol. The highest BCUT2D eigenvalue weighted by Gasteiger charge is 2.45. The third-order valence-electron chi connectivity index (χ3n) is 6.04. The first-order valence-corrected chi connectivity index (χ1v) is 11.7. The number of aryl methyl sites for hydroxylation is 1. The van der Waals surface area contributed by atoms with Crippen LogP contribution in [-0.2, 0) is 20.7 Å². The Morgan fingerprint density at radius 3 is 2.65 bits per heavy atom. The van der Waals surface area contributed by atoms with Crippen LogP contribution in [0.4, 0.5) is 0 Å². The Morgan fingerprint density at radius 2 is 1.94 bits per heavy atom. The molecule has 1 N–H and O–H groups in total. The Bertz CT molecular complexity index is 1090. The molecule has 1 atom stereocenters. The van der Waals surface area contributed by atoms with E-state index in [1.807, 2.05) is 30.3 Å². The minimum Gasteiger partial charge on any atom is -0.507 e. The Morgan fingerprint density at radius 1 is 1.18 bits per heavy atom. The van der Waals surface area contributed by atoms with E-state index < -0.39 is 17.7 Å². The van der Waals surface area contributed by atoms with Crippen LogP contribution >= 0.6 is 0 Å². The lowest BCUT2D eigenvalue weighted by molar-refractivity contribution is -0.140. The number of hydrogen-bond donors (Lipinski definition) is 1. The van der Waals surface area contributed by atoms with Gasteiger partial charge in [-0.2, -0.15) is 0 Å². The second kappa shape index (κ2) is 10.3. The number of hydrogen-bond acceptors (Lipinski definition) is 6. The topological polar surface area (TPSA) is 85.3 Å². The first-order chi connectivity index (χ1) is 16.4. The number of nitrogens with zero attached hydrogens (tertiary/aromatic N) is 1. The molecule has 0 radical (unpaired) electrons. The maximum absolute atomic E-state index is 13.1. The van der Waals surface area contributed by atoms with Gasteiger partial charge < -0.3 is 24.2 Å². The number of aliphatic hydroxyl groups is 1. The van der Waals surface area contributed by atoms with Crippen molar-refractivity contribution in [2.45, 2.75) is 32.7 Å². The Hall–Kier alpha value is -3.32. The molecule has 0 saturated carbocycles. The summed E-state index contributed by atoms with van der Waals surface area (Å²) in [6.07, 6.45) is 1.73. The molecule has 0 aliphatic carbocycles. The van der Waals surface area contributed by atoms with E-state index in [-0.39, 0.29) is 24.5 Å². The predicted octanol–water partition coefficient (Wildman–Crippen LogP) is 4.11. The number of fused-ring (bicyclic) bond motifs is 1. The molecular formula is C27H31NO6. The monoisotopic (exact) mass is 465 g/mol. The lowest BCUT2D eigenvalue weighted by Gasteiger charge is -2.25. The summed E-state index contributed by atoms with van der Waals surface area (Å²) < 4.78 is 16.6. The first kappa shape index (κ1) is 23.8. The van der Waals surface area contributed by atoms with E-state index in [1.165, 1.54) is 4.90 Å². The van der Waals surface area contributed by atoms with E-state index in [9.17, 15) is 14.7 Å². The van der Waals surface area contributed by atoms with Crippen LogP contribution in [0.3, 0.4) is 0 Å². The number of carbonyl (C=O) groups excluding carboxylic acids is 2. The summed E-state index contributed by atoms with van der Waals surface area (Å²) in [6, 6.07) is 12.0. The van der Waals surface area contributed by atoms with Crippen molar-refractivity contribution in [2.75, 3.05) is 33.5 Å². The number of carbonyl (C=O) groups is 2. The van der Waals surface area contributed by atoms with Gasteiger partial charge in [0.25, 0.3) is 11.7 Å². The van der Waals surface area contributed by atoms with Gasteiger partial charge in [0.1, 0.15) is 17.3 Å². The van der Waals surface area contributed by atoms with Gasteiger partial charge in [-0.05, 0) is 60.2 Å². The van der Waals surface area contributed by atoms with Gasteiger partial charge in [0, 0.05) is 19.2 Å². The molecule has 2 aromatic carbocycles. The number of likely N-dealkylation sites (tertiary alicyclic amines) is 1. The molecule has 0 aromatic heterocycles. The lowest BCUT2D eigenvalue weighted by Crippen LogP contribution is -2.32. The number of aliphatic hydroxyl groups excluding tert-OH is 1. The predicted molar refractivity (Wildman–Crippen MR) is 128 cm³/mol. The lowest BCUT2D eigenvalue weighted by atomic mass is 9.94. The molecule has 34 heavy (non-hydrogen) atoms. The highest BCUT2D eigenvalue weighted by molar-refractivity contribution is 6.46. The van der Waals surface area contributed by atoms with Gasteiger partial charge in [-0.1, -0.05) is 26.0 Å². The van der Waals surface area contributed by atoms with E-state index in [0.717, 1.165) is 29.7 Å². The highest BCUT2D eigenvalue weighted by atomic mass is 16.5. The van der Waals surface area contributed by atoms with Crippen LogP contribution in [0.25, 0.3) is 5.76 Å². The third kappa shape index (κ3) is 4.80. The number of rotatable bonds is 8. The van der Waals surface area contributed by atoms with Crippen molar-refractivity contribution in [3.05, 3.63) is 64.7 Å². The van der Waals surface area contributed by atoms with Crippen molar-refractivity contribution in [3.63, 3.8) is 0 Å². The summed E-state index contributed by atoms with van der Waals surface area (Å²) in [4.78, 5) is 27.5. The number of benzene rings is 2. The van der Waals surface area contributed by atoms with Gasteiger partial charge in [-0.15, -0.1) is 0 Å². The highest BCUT2D eigenvalue weighted by Crippen LogP contribution is 2.40. The van der Waals surface area contributed by atoms with Gasteiger partial charge in [0.2, 0.25) is 0 Å². The molecule has 180 valence electrons. The number of ether oxygens (including phenoxy) is 3. The van der Waals surface area contributed by atoms with Crippen LogP contribution in [0.2, 0.25) is 0 Å². The van der Waals surface area contributed by atoms with E-state index in [0.29, 0.717) is 30.4 Å². The molecule has 1 unspecified atom stereocenters. The molecule has 1 saturated heterocycles. The number of Topliss-reactive ketones (excluding diaryl/α,β-unsaturated/α-hetero) is 1. The van der Waals surface area contributed by atoms with Gasteiger partial charge in [0.05, 0.1) is 31.4 Å². The van der Waals surface area contributed by atoms with Crippen LogP contribution in [0.5, 0.6) is 11.5 Å². The van der Waals surface area contributed by atoms with Gasteiger partial charge >= 0.3 is 0 Å². The molecule has 4 rings (SSSR count). The van der Waals surface area contributed by atoms with Crippen LogP contribution in [0.1, 0.15) is 43.0 Å². The molecule has 2 aliphatic heterocycles. The van der Waals surface area contributed by atoms with Crippen LogP contribution in [-0.4, -0.2) is 55.2 Å². The third-order valence-corrected chi connectivity index (χ3v) is 6.04. The summed E-state index contributed by atoms with van der Waals surface area (Å²) in [5.41, 5.74) is 2.27. The molecule has 0 bridgehead atoms. The van der Waals surface area contributed by atoms with Crippen molar-refractivity contribution in [1.82, 2.24) is 4.90 Å². The SMILES string of the molecule is COCCN1C(=O)C(=O)/C(=C(\O)c2ccc3c(c2)CCCO3)C1c1ccc(OCC(C)C)cc1. The molecule has 0 spiro atoms. The standard InChI is InChI=1S/C27H31NO6/c1-17(2)16-34-21-9-6-18(7-10-21)24-23(26(30)27(31)28(24)12-14-32-3)25(29)20-8-11-22-19(15-20)5-4-13-33-22/h6-11,15,17,24,29H,4-5,12-14,16H2,1-3H3/b25-23-. The fourth-order valence-electron chi connectivity index (χ4n) is 4.32. The van der Waals surface area contributed by atoms with Crippen molar-refractivity contribution in [3.8, 4) is 11.5 Å². The number of amides is 1. The second-order valence-electron chi connectivity index (χ2n) is 9.03. The summed E-state index contributed by atoms with van der Waals surface area (Å²) in [5.74, 6) is 0.357. The minimum absolute atomic E-state index is 0.0774. The zero-order chi connectivity index (χ0) is 24.2. The second-order valence-corrected chi connectivity index (χ2v) is 9.03. The summed E-state index contributed by atoms with van der Waals surface area (Å²) in [6.45, 7) is 5.91. The van der Waals surface area contributed by atoms with Crippen molar-refractivity contribution in [1.29, 1.82) is 0 Å². The first-order valence-electron chi connectivity index (χ1n) is 11.7. The molecule has 2 heterocycles. The Balaban J connectivity index is 1.74. The minimum atomic E-state index is -0.721. The normalized spacial score (nSPS) is 19.3. The van der Waals surface area contributed by atoms with Gasteiger partial charge in [-0.3, -0.25) is 9.59 Å². The van der Waals surface area contributed by atoms with Crippen molar-refractivity contribution in [2.24, 2.45) is 5.92 Å². The molecular weight excluding hydrogens is 434 g/mol. The summed E-state index contributed by atoms with van der Waals surface area (Å²) in [5, 5.41) is 11.3. The van der Waals surface area contributed by atoms with E-state index in [2.05, 4.69) is 13.8 Å². The number of methoxy groups -OCH3 is 1. The number of ketones is 1. The van der Waals surface area contributed by atoms with Crippen LogP contribution < -0.4 is 9.47 Å². The Labute approximate surface area is 199 Å². The fraction of sp³-hybridized carbons (Fsp3) is 0.407. The molecule has 2 aliphatic rings. The van der Waals surface area contributed by atoms with E-state index in [1.54, 1.807) is 19.2 Å². The average Bonchev–Trinajstić information content (AvgIpc) is 3.10. The van der Waals surface area contributed by atoms with Gasteiger partial charge in [-0.25, -0.2) is 0 Å². The van der Waals surface area contributed by atoms with E-state index in [4.69, 9.17) is 14.2 Å². The van der Waals surface area contributed by atoms with Crippen molar-refractivity contribution < 1.29 is 28.9 Å². The fourth-order valence-corrected chi connectivity index (χ4v) is 4.32. The summed E-state index contributed by atoms with van der Waals surface area (Å²) in [7, 11) is 1.54. The van der Waals surface area contributed by atoms with E-state index >= 15 is 0 Å². The maximum atomic E-state index is 13.1. The maximum Gasteiger partial charge on any atom is 0.295 e. The van der Waals surface area contributed by atoms with Gasteiger partial charge in [0.15, 0.2) is 0 Å². The zero-order valence-electron chi connectivity index (χ0n) is 19.9. The van der Waals surface area contributed by atoms with Crippen LogP contribution in [0, 0.1) is 5.92 Å². The largest absolute Gasteiger partial charge is 0.507 e. The smallest absolute Gasteiger partial charge is 0.295 e. The quantitative estimate of drug-likeness (QED) is 0.359. The zero-order valence-corrected chi connectivity index (χ0v) is 19.9. The van der Waals surface area contributed by atoms with Crippen LogP contribution in [0.15, 0.2) is 48.0 Å².